The molecule has 3 aliphatic heterocycles. The minimum absolute atomic E-state index is 0.00998. The summed E-state index contributed by atoms with van der Waals surface area (Å²) < 4.78 is 21.1. The van der Waals surface area contributed by atoms with Crippen LogP contribution in [-0.4, -0.2) is 49.7 Å². The van der Waals surface area contributed by atoms with Crippen molar-refractivity contribution in [3.63, 3.8) is 0 Å². The summed E-state index contributed by atoms with van der Waals surface area (Å²) in [5.41, 5.74) is 1.72. The van der Waals surface area contributed by atoms with Crippen LogP contribution in [0.5, 0.6) is 0 Å². The molecule has 1 aliphatic carbocycles. The van der Waals surface area contributed by atoms with Gasteiger partial charge in [-0.15, -0.1) is 5.47 Å². The average molecular weight is 574 g/mol. The van der Waals surface area contributed by atoms with Crippen molar-refractivity contribution in [1.82, 2.24) is 10.2 Å². The largest absolute Gasteiger partial charge is 0.494 e. The maximum Gasteiger partial charge on any atom is 0.238 e. The van der Waals surface area contributed by atoms with Gasteiger partial charge < -0.3 is 20.3 Å². The molecule has 41 heavy (non-hydrogen) atoms. The van der Waals surface area contributed by atoms with Gasteiger partial charge >= 0.3 is 0 Å². The summed E-state index contributed by atoms with van der Waals surface area (Å²) in [4.78, 5) is 41.3. The lowest BCUT2D eigenvalue weighted by Crippen LogP contribution is -2.58. The first-order valence-electron chi connectivity index (χ1n) is 13.9. The molecule has 7 nitrogen and oxygen atoms in total. The van der Waals surface area contributed by atoms with Gasteiger partial charge in [0.25, 0.3) is 0 Å². The molecule has 0 bridgehead atoms. The van der Waals surface area contributed by atoms with Crippen LogP contribution in [0.3, 0.4) is 0 Å². The molecule has 6 rings (SSSR count). The number of hydrogen-bond acceptors (Lipinski definition) is 4. The van der Waals surface area contributed by atoms with E-state index < -0.39 is 23.2 Å². The predicted octanol–water partition coefficient (Wildman–Crippen LogP) is 4.67. The first-order valence-corrected chi connectivity index (χ1v) is 14.3. The van der Waals surface area contributed by atoms with E-state index in [1.54, 1.807) is 37.3 Å². The van der Waals surface area contributed by atoms with Gasteiger partial charge in [0.1, 0.15) is 30.9 Å². The van der Waals surface area contributed by atoms with Gasteiger partial charge in [0.2, 0.25) is 17.7 Å². The second-order valence-electron chi connectivity index (χ2n) is 11.2. The van der Waals surface area contributed by atoms with E-state index in [0.717, 1.165) is 0 Å². The summed E-state index contributed by atoms with van der Waals surface area (Å²) in [6.07, 6.45) is 4.22. The van der Waals surface area contributed by atoms with Gasteiger partial charge in [0.05, 0.1) is 6.04 Å². The van der Waals surface area contributed by atoms with Crippen LogP contribution in [-0.2, 0) is 24.5 Å². The molecule has 3 heterocycles. The Hall–Kier alpha value is -3.59. The Morgan fingerprint density at radius 2 is 1.93 bits per heavy atom. The fourth-order valence-corrected chi connectivity index (χ4v) is 7.07. The predicted molar refractivity (Wildman–Crippen MR) is 154 cm³/mol. The molecular weight excluding hydrogens is 544 g/mol. The van der Waals surface area contributed by atoms with Crippen LogP contribution in [0.1, 0.15) is 56.2 Å². The average Bonchev–Trinajstić information content (AvgIpc) is 3.22. The van der Waals surface area contributed by atoms with E-state index in [2.05, 4.69) is 10.6 Å². The molecule has 10 heteroatoms. The number of likely N-dealkylation sites (tertiary alicyclic amines) is 1. The van der Waals surface area contributed by atoms with Crippen LogP contribution in [0.4, 0.5) is 10.1 Å². The molecular formula is C31H30BClFN3O4. The van der Waals surface area contributed by atoms with Gasteiger partial charge in [-0.25, -0.2) is 4.39 Å². The molecule has 3 amide bonds. The van der Waals surface area contributed by atoms with Crippen LogP contribution in [0.25, 0.3) is 0 Å². The van der Waals surface area contributed by atoms with E-state index in [1.165, 1.54) is 12.1 Å². The van der Waals surface area contributed by atoms with Crippen LogP contribution in [0.15, 0.2) is 65.3 Å². The van der Waals surface area contributed by atoms with Crippen molar-refractivity contribution in [3.05, 3.63) is 87.3 Å². The van der Waals surface area contributed by atoms with Gasteiger partial charge in [0.15, 0.2) is 0 Å². The number of fused-ring (bicyclic) bond motifs is 2. The third-order valence-electron chi connectivity index (χ3n) is 8.81. The Morgan fingerprint density at radius 1 is 1.15 bits per heavy atom. The monoisotopic (exact) mass is 573 g/mol. The molecule has 210 valence electrons. The lowest BCUT2D eigenvalue weighted by atomic mass is 9.58. The van der Waals surface area contributed by atoms with Crippen LogP contribution in [0.2, 0.25) is 5.02 Å². The van der Waals surface area contributed by atoms with Crippen LogP contribution >= 0.6 is 11.6 Å². The Morgan fingerprint density at radius 3 is 2.66 bits per heavy atom. The first-order chi connectivity index (χ1) is 19.7. The van der Waals surface area contributed by atoms with E-state index in [-0.39, 0.29) is 30.2 Å². The van der Waals surface area contributed by atoms with Gasteiger partial charge in [-0.3, -0.25) is 14.4 Å². The van der Waals surface area contributed by atoms with Crippen molar-refractivity contribution >= 4 is 42.9 Å². The third kappa shape index (κ3) is 4.84. The smallest absolute Gasteiger partial charge is 0.238 e. The highest BCUT2D eigenvalue weighted by molar-refractivity contribution is 6.31. The number of benzene rings is 2. The first kappa shape index (κ1) is 27.6. The lowest BCUT2D eigenvalue weighted by molar-refractivity contribution is -0.133. The zero-order valence-corrected chi connectivity index (χ0v) is 23.5. The number of carbonyl (C=O) groups is 3. The number of rotatable bonds is 4. The standard InChI is InChI=1S/C31H30BClFN3O4/c1-17(38)37-11-9-22(10-12-37)41-27-8-5-19(32)14-23(27)25-16-28(39)36-29(18-3-2-4-21(34)13-18)31(25)24-7-6-20(33)15-26(24)35-30(31)40/h2-4,6-7,13-15,22,25,29H,5,8-12,16H2,1H3,(H,35,40)(H,36,39)/t25-,29+,31-/m1/s1. The zero-order chi connectivity index (χ0) is 28.9. The van der Waals surface area contributed by atoms with Gasteiger partial charge in [-0.2, -0.15) is 0 Å². The number of amides is 3. The normalized spacial score (nSPS) is 26.4. The zero-order valence-electron chi connectivity index (χ0n) is 22.7. The Bertz CT molecular complexity index is 1500. The minimum atomic E-state index is -1.32. The molecule has 3 atom stereocenters. The van der Waals surface area contributed by atoms with E-state index >= 15 is 0 Å². The van der Waals surface area contributed by atoms with E-state index in [4.69, 9.17) is 24.2 Å². The molecule has 2 N–H and O–H groups in total. The van der Waals surface area contributed by atoms with E-state index in [9.17, 15) is 18.8 Å². The summed E-state index contributed by atoms with van der Waals surface area (Å²) in [5, 5.41) is 6.48. The highest BCUT2D eigenvalue weighted by atomic mass is 35.5. The van der Waals surface area contributed by atoms with E-state index in [1.807, 2.05) is 11.0 Å². The quantitative estimate of drug-likeness (QED) is 0.521. The number of carbonyl (C=O) groups excluding carboxylic acids is 3. The number of nitrogens with zero attached hydrogens (tertiary/aromatic N) is 1. The minimum Gasteiger partial charge on any atom is -0.494 e. The number of allylic oxidation sites excluding steroid dienone is 4. The number of nitrogens with one attached hydrogen (secondary N) is 2. The van der Waals surface area contributed by atoms with Crippen molar-refractivity contribution in [1.29, 1.82) is 0 Å². The summed E-state index contributed by atoms with van der Waals surface area (Å²) >= 11 is 6.31. The van der Waals surface area contributed by atoms with Gasteiger partial charge in [-0.1, -0.05) is 35.9 Å². The number of halogens is 2. The molecule has 2 fully saturated rings. The number of ether oxygens (including phenoxy) is 1. The summed E-state index contributed by atoms with van der Waals surface area (Å²) in [5.74, 6) is -0.949. The van der Waals surface area contributed by atoms with Crippen LogP contribution in [0, 0.1) is 11.7 Å². The molecule has 2 saturated heterocycles. The van der Waals surface area contributed by atoms with Crippen molar-refractivity contribution in [2.45, 2.75) is 56.6 Å². The summed E-state index contributed by atoms with van der Waals surface area (Å²) in [6.45, 7) is 2.78. The molecule has 2 radical (unpaired) electrons. The molecule has 1 spiro atoms. The van der Waals surface area contributed by atoms with Crippen molar-refractivity contribution in [3.8, 4) is 0 Å². The second kappa shape index (κ2) is 10.7. The number of hydrogen-bond donors (Lipinski definition) is 2. The van der Waals surface area contributed by atoms with Crippen LogP contribution < -0.4 is 10.6 Å². The second-order valence-corrected chi connectivity index (χ2v) is 11.7. The highest BCUT2D eigenvalue weighted by Gasteiger charge is 2.62. The third-order valence-corrected chi connectivity index (χ3v) is 9.04. The maximum atomic E-state index is 14.5. The molecule has 0 saturated carbocycles. The van der Waals surface area contributed by atoms with E-state index in [0.29, 0.717) is 77.4 Å². The van der Waals surface area contributed by atoms with Crippen molar-refractivity contribution in [2.75, 3.05) is 18.4 Å². The molecule has 2 aromatic carbocycles. The lowest BCUT2D eigenvalue weighted by Gasteiger charge is -2.47. The van der Waals surface area contributed by atoms with Gasteiger partial charge in [0, 0.05) is 62.3 Å². The summed E-state index contributed by atoms with van der Waals surface area (Å²) in [6, 6.07) is 10.3. The van der Waals surface area contributed by atoms with Gasteiger partial charge in [-0.05, 0) is 47.4 Å². The Balaban J connectivity index is 1.50. The molecule has 0 aromatic heterocycles. The SMILES string of the molecule is [B]C1=CC([C@H]2CC(=O)N[C@@H](c3cccc(F)c3)[C@]23C(=O)Nc2cc(Cl)ccc23)=C(OC2CCN(C(C)=O)CC2)CC1. The Labute approximate surface area is 244 Å². The Kier molecular flexibility index (Phi) is 7.18. The van der Waals surface area contributed by atoms with Crippen molar-refractivity contribution in [2.24, 2.45) is 5.92 Å². The molecule has 2 aromatic rings. The fraction of sp³-hybridized carbons (Fsp3) is 0.387. The molecule has 0 unspecified atom stereocenters. The van der Waals surface area contributed by atoms with Crippen molar-refractivity contribution < 1.29 is 23.5 Å². The fourth-order valence-electron chi connectivity index (χ4n) is 6.90. The number of piperidine rings is 2. The highest BCUT2D eigenvalue weighted by Crippen LogP contribution is 2.57. The molecule has 4 aliphatic rings. The maximum absolute atomic E-state index is 14.5. The summed E-state index contributed by atoms with van der Waals surface area (Å²) in [7, 11) is 6.37. The number of anilines is 1. The topological polar surface area (TPSA) is 87.7 Å².